The molecular weight excluding hydrogens is 196 g/mol. The van der Waals surface area contributed by atoms with E-state index in [0.29, 0.717) is 5.92 Å². The highest BCUT2D eigenvalue weighted by molar-refractivity contribution is 5.45. The second kappa shape index (κ2) is 4.86. The Labute approximate surface area is 98.7 Å². The molecule has 0 aliphatic carbocycles. The largest absolute Gasteiger partial charge is 0.370 e. The summed E-state index contributed by atoms with van der Waals surface area (Å²) in [7, 11) is 0. The standard InChI is InChI=1S/C14H22N2/c1-11(2)14-7-6-13(9-15-14)16-8-4-5-12(3)10-16/h6-7,9,11-12H,4-5,8,10H2,1-3H3. The quantitative estimate of drug-likeness (QED) is 0.756. The third-order valence-electron chi connectivity index (χ3n) is 3.38. The van der Waals surface area contributed by atoms with Gasteiger partial charge in [0.05, 0.1) is 11.9 Å². The molecule has 0 N–H and O–H groups in total. The van der Waals surface area contributed by atoms with Gasteiger partial charge in [0.25, 0.3) is 0 Å². The molecule has 2 heterocycles. The summed E-state index contributed by atoms with van der Waals surface area (Å²) in [5, 5.41) is 0. The molecule has 1 saturated heterocycles. The monoisotopic (exact) mass is 218 g/mol. The highest BCUT2D eigenvalue weighted by Crippen LogP contribution is 2.23. The SMILES string of the molecule is CC1CCCN(c2ccc(C(C)C)nc2)C1. The number of rotatable bonds is 2. The van der Waals surface area contributed by atoms with Gasteiger partial charge in [-0.15, -0.1) is 0 Å². The molecule has 1 aliphatic heterocycles. The Kier molecular flexibility index (Phi) is 3.47. The van der Waals surface area contributed by atoms with Crippen LogP contribution in [0.3, 0.4) is 0 Å². The number of anilines is 1. The van der Waals surface area contributed by atoms with Gasteiger partial charge in [-0.2, -0.15) is 0 Å². The van der Waals surface area contributed by atoms with Crippen LogP contribution in [0.1, 0.15) is 45.2 Å². The summed E-state index contributed by atoms with van der Waals surface area (Å²) >= 11 is 0. The van der Waals surface area contributed by atoms with Crippen molar-refractivity contribution < 1.29 is 0 Å². The van der Waals surface area contributed by atoms with Crippen LogP contribution in [0, 0.1) is 5.92 Å². The van der Waals surface area contributed by atoms with Crippen molar-refractivity contribution in [2.24, 2.45) is 5.92 Å². The van der Waals surface area contributed by atoms with Gasteiger partial charge in [0.15, 0.2) is 0 Å². The summed E-state index contributed by atoms with van der Waals surface area (Å²) in [5.74, 6) is 1.34. The fourth-order valence-electron chi connectivity index (χ4n) is 2.35. The number of nitrogens with zero attached hydrogens (tertiary/aromatic N) is 2. The average molecular weight is 218 g/mol. The minimum absolute atomic E-state index is 0.523. The van der Waals surface area contributed by atoms with Crippen LogP contribution < -0.4 is 4.90 Å². The number of aromatic nitrogens is 1. The van der Waals surface area contributed by atoms with Crippen LogP contribution in [0.15, 0.2) is 18.3 Å². The van der Waals surface area contributed by atoms with E-state index in [1.165, 1.54) is 37.3 Å². The fourth-order valence-corrected chi connectivity index (χ4v) is 2.35. The van der Waals surface area contributed by atoms with Crippen LogP contribution in [0.2, 0.25) is 0 Å². The van der Waals surface area contributed by atoms with Gasteiger partial charge in [0, 0.05) is 18.8 Å². The molecule has 1 aromatic heterocycles. The molecule has 0 amide bonds. The van der Waals surface area contributed by atoms with Crippen molar-refractivity contribution in [2.45, 2.75) is 39.5 Å². The van der Waals surface area contributed by atoms with Crippen molar-refractivity contribution in [3.8, 4) is 0 Å². The summed E-state index contributed by atoms with van der Waals surface area (Å²) in [4.78, 5) is 7.00. The normalized spacial score (nSPS) is 21.5. The molecule has 1 fully saturated rings. The molecule has 1 aromatic rings. The summed E-state index contributed by atoms with van der Waals surface area (Å²) in [5.41, 5.74) is 2.48. The number of hydrogen-bond donors (Lipinski definition) is 0. The zero-order valence-corrected chi connectivity index (χ0v) is 10.6. The molecule has 2 heteroatoms. The maximum absolute atomic E-state index is 4.54. The lowest BCUT2D eigenvalue weighted by Crippen LogP contribution is -2.34. The number of piperidine rings is 1. The first-order chi connectivity index (χ1) is 7.66. The molecule has 88 valence electrons. The highest BCUT2D eigenvalue weighted by atomic mass is 15.1. The third-order valence-corrected chi connectivity index (χ3v) is 3.38. The van der Waals surface area contributed by atoms with Crippen LogP contribution in [-0.4, -0.2) is 18.1 Å². The van der Waals surface area contributed by atoms with Crippen LogP contribution >= 0.6 is 0 Å². The molecule has 0 saturated carbocycles. The molecule has 2 rings (SSSR count). The summed E-state index contributed by atoms with van der Waals surface area (Å²) < 4.78 is 0. The Morgan fingerprint density at radius 1 is 1.38 bits per heavy atom. The Balaban J connectivity index is 2.09. The second-order valence-electron chi connectivity index (χ2n) is 5.29. The zero-order chi connectivity index (χ0) is 11.5. The van der Waals surface area contributed by atoms with Crippen molar-refractivity contribution in [1.82, 2.24) is 4.98 Å². The lowest BCUT2D eigenvalue weighted by atomic mass is 10.00. The zero-order valence-electron chi connectivity index (χ0n) is 10.6. The van der Waals surface area contributed by atoms with Crippen LogP contribution in [0.5, 0.6) is 0 Å². The number of pyridine rings is 1. The summed E-state index contributed by atoms with van der Waals surface area (Å²) in [6.45, 7) is 9.08. The van der Waals surface area contributed by atoms with E-state index in [0.717, 1.165) is 5.92 Å². The van der Waals surface area contributed by atoms with Gasteiger partial charge in [0.1, 0.15) is 0 Å². The van der Waals surface area contributed by atoms with Crippen molar-refractivity contribution in [1.29, 1.82) is 0 Å². The van der Waals surface area contributed by atoms with Crippen molar-refractivity contribution >= 4 is 5.69 Å². The van der Waals surface area contributed by atoms with Crippen LogP contribution in [-0.2, 0) is 0 Å². The van der Waals surface area contributed by atoms with Crippen molar-refractivity contribution in [3.63, 3.8) is 0 Å². The van der Waals surface area contributed by atoms with E-state index in [4.69, 9.17) is 0 Å². The van der Waals surface area contributed by atoms with Gasteiger partial charge >= 0.3 is 0 Å². The van der Waals surface area contributed by atoms with Crippen molar-refractivity contribution in [3.05, 3.63) is 24.0 Å². The maximum Gasteiger partial charge on any atom is 0.0553 e. The maximum atomic E-state index is 4.54. The molecule has 0 spiro atoms. The Hall–Kier alpha value is -1.05. The van der Waals surface area contributed by atoms with Gasteiger partial charge < -0.3 is 4.90 Å². The predicted octanol–water partition coefficient (Wildman–Crippen LogP) is 3.44. The topological polar surface area (TPSA) is 16.1 Å². The van der Waals surface area contributed by atoms with E-state index in [-0.39, 0.29) is 0 Å². The smallest absolute Gasteiger partial charge is 0.0553 e. The van der Waals surface area contributed by atoms with Gasteiger partial charge in [0.2, 0.25) is 0 Å². The lowest BCUT2D eigenvalue weighted by molar-refractivity contribution is 0.446. The molecule has 0 aromatic carbocycles. The first kappa shape index (κ1) is 11.4. The minimum atomic E-state index is 0.523. The van der Waals surface area contributed by atoms with Crippen molar-refractivity contribution in [2.75, 3.05) is 18.0 Å². The van der Waals surface area contributed by atoms with E-state index in [9.17, 15) is 0 Å². The van der Waals surface area contributed by atoms with E-state index < -0.39 is 0 Å². The van der Waals surface area contributed by atoms with Gasteiger partial charge in [-0.25, -0.2) is 0 Å². The van der Waals surface area contributed by atoms with E-state index in [1.807, 2.05) is 6.20 Å². The van der Waals surface area contributed by atoms with E-state index >= 15 is 0 Å². The third kappa shape index (κ3) is 2.55. The Morgan fingerprint density at radius 3 is 2.75 bits per heavy atom. The van der Waals surface area contributed by atoms with Crippen LogP contribution in [0.25, 0.3) is 0 Å². The predicted molar refractivity (Wildman–Crippen MR) is 68.9 cm³/mol. The summed E-state index contributed by atoms with van der Waals surface area (Å²) in [6, 6.07) is 4.39. The molecule has 1 atom stereocenters. The highest BCUT2D eigenvalue weighted by Gasteiger charge is 2.16. The van der Waals surface area contributed by atoms with Gasteiger partial charge in [-0.1, -0.05) is 20.8 Å². The van der Waals surface area contributed by atoms with E-state index in [1.54, 1.807) is 0 Å². The Morgan fingerprint density at radius 2 is 2.19 bits per heavy atom. The number of hydrogen-bond acceptors (Lipinski definition) is 2. The van der Waals surface area contributed by atoms with E-state index in [2.05, 4.69) is 42.8 Å². The molecule has 2 nitrogen and oxygen atoms in total. The Bertz CT molecular complexity index is 329. The summed E-state index contributed by atoms with van der Waals surface area (Å²) in [6.07, 6.45) is 4.72. The molecule has 0 radical (unpaired) electrons. The lowest BCUT2D eigenvalue weighted by Gasteiger charge is -2.32. The molecule has 16 heavy (non-hydrogen) atoms. The molecule has 0 bridgehead atoms. The van der Waals surface area contributed by atoms with Crippen LogP contribution in [0.4, 0.5) is 5.69 Å². The first-order valence-electron chi connectivity index (χ1n) is 6.37. The first-order valence-corrected chi connectivity index (χ1v) is 6.37. The molecule has 1 aliphatic rings. The van der Waals surface area contributed by atoms with Gasteiger partial charge in [-0.3, -0.25) is 4.98 Å². The van der Waals surface area contributed by atoms with Gasteiger partial charge in [-0.05, 0) is 36.8 Å². The fraction of sp³-hybridized carbons (Fsp3) is 0.643. The second-order valence-corrected chi connectivity index (χ2v) is 5.29. The molecular formula is C14H22N2. The average Bonchev–Trinajstić information content (AvgIpc) is 2.29. The minimum Gasteiger partial charge on any atom is -0.370 e. The molecule has 1 unspecified atom stereocenters.